The summed E-state index contributed by atoms with van der Waals surface area (Å²) in [6, 6.07) is 6.12. The quantitative estimate of drug-likeness (QED) is 0.739. The highest BCUT2D eigenvalue weighted by Gasteiger charge is 2.18. The molecule has 0 bridgehead atoms. The predicted molar refractivity (Wildman–Crippen MR) is 68.2 cm³/mol. The van der Waals surface area contributed by atoms with Crippen molar-refractivity contribution in [1.82, 2.24) is 0 Å². The standard InChI is InChI=1S/C13H22N2/c1-5-13(4,6-2)15-12-8-10(3)7-11(14)9-12/h7-9,15H,5-6,14H2,1-4H3. The monoisotopic (exact) mass is 206 g/mol. The molecule has 0 aliphatic heterocycles. The second-order valence-corrected chi connectivity index (χ2v) is 4.53. The molecule has 2 heteroatoms. The third-order valence-electron chi connectivity index (χ3n) is 3.11. The molecule has 0 atom stereocenters. The van der Waals surface area contributed by atoms with Gasteiger partial charge in [0.25, 0.3) is 0 Å². The summed E-state index contributed by atoms with van der Waals surface area (Å²) in [5.41, 5.74) is 9.14. The number of nitrogen functional groups attached to an aromatic ring is 1. The number of hydrogen-bond donors (Lipinski definition) is 2. The zero-order chi connectivity index (χ0) is 11.5. The number of nitrogens with two attached hydrogens (primary N) is 1. The van der Waals surface area contributed by atoms with E-state index in [2.05, 4.69) is 39.1 Å². The molecule has 0 unspecified atom stereocenters. The van der Waals surface area contributed by atoms with Crippen LogP contribution < -0.4 is 11.1 Å². The summed E-state index contributed by atoms with van der Waals surface area (Å²) in [4.78, 5) is 0. The SMILES string of the molecule is CCC(C)(CC)Nc1cc(C)cc(N)c1. The minimum atomic E-state index is 0.167. The zero-order valence-electron chi connectivity index (χ0n) is 10.2. The van der Waals surface area contributed by atoms with E-state index in [9.17, 15) is 0 Å². The highest BCUT2D eigenvalue weighted by Crippen LogP contribution is 2.24. The Bertz CT molecular complexity index is 307. The maximum absolute atomic E-state index is 5.82. The summed E-state index contributed by atoms with van der Waals surface area (Å²) in [5, 5.41) is 3.56. The molecule has 0 aliphatic rings. The molecule has 15 heavy (non-hydrogen) atoms. The lowest BCUT2D eigenvalue weighted by Crippen LogP contribution is -2.32. The molecular weight excluding hydrogens is 184 g/mol. The van der Waals surface area contributed by atoms with E-state index >= 15 is 0 Å². The van der Waals surface area contributed by atoms with E-state index in [-0.39, 0.29) is 5.54 Å². The molecule has 0 aromatic heterocycles. The molecular formula is C13H22N2. The average molecular weight is 206 g/mol. The topological polar surface area (TPSA) is 38.0 Å². The van der Waals surface area contributed by atoms with Gasteiger partial charge in [-0.2, -0.15) is 0 Å². The van der Waals surface area contributed by atoms with E-state index in [1.54, 1.807) is 0 Å². The smallest absolute Gasteiger partial charge is 0.0367 e. The first kappa shape index (κ1) is 11.9. The molecule has 1 aromatic rings. The molecule has 0 aliphatic carbocycles. The van der Waals surface area contributed by atoms with E-state index < -0.39 is 0 Å². The fourth-order valence-corrected chi connectivity index (χ4v) is 1.66. The van der Waals surface area contributed by atoms with Crippen LogP contribution in [0.15, 0.2) is 18.2 Å². The third kappa shape index (κ3) is 3.15. The predicted octanol–water partition coefficient (Wildman–Crippen LogP) is 3.57. The van der Waals surface area contributed by atoms with Crippen molar-refractivity contribution in [3.8, 4) is 0 Å². The number of benzene rings is 1. The number of nitrogens with one attached hydrogen (secondary N) is 1. The fraction of sp³-hybridized carbons (Fsp3) is 0.538. The molecule has 2 nitrogen and oxygen atoms in total. The molecule has 0 saturated carbocycles. The molecule has 0 heterocycles. The van der Waals surface area contributed by atoms with Crippen molar-refractivity contribution in [2.24, 2.45) is 0 Å². The largest absolute Gasteiger partial charge is 0.399 e. The van der Waals surface area contributed by atoms with Gasteiger partial charge in [0.2, 0.25) is 0 Å². The van der Waals surface area contributed by atoms with Gasteiger partial charge in [-0.25, -0.2) is 0 Å². The van der Waals surface area contributed by atoms with Crippen LogP contribution in [0, 0.1) is 6.92 Å². The first-order valence-electron chi connectivity index (χ1n) is 5.64. The second kappa shape index (κ2) is 4.56. The summed E-state index contributed by atoms with van der Waals surface area (Å²) < 4.78 is 0. The molecule has 0 radical (unpaired) electrons. The van der Waals surface area contributed by atoms with Gasteiger partial charge >= 0.3 is 0 Å². The Kier molecular flexibility index (Phi) is 3.61. The molecule has 1 aromatic carbocycles. The van der Waals surface area contributed by atoms with Crippen LogP contribution in [0.4, 0.5) is 11.4 Å². The summed E-state index contributed by atoms with van der Waals surface area (Å²) in [6.45, 7) is 8.72. The van der Waals surface area contributed by atoms with Crippen molar-refractivity contribution in [2.75, 3.05) is 11.1 Å². The summed E-state index contributed by atoms with van der Waals surface area (Å²) in [7, 11) is 0. The van der Waals surface area contributed by atoms with Crippen molar-refractivity contribution >= 4 is 11.4 Å². The van der Waals surface area contributed by atoms with Crippen LogP contribution in [0.2, 0.25) is 0 Å². The summed E-state index contributed by atoms with van der Waals surface area (Å²) >= 11 is 0. The minimum Gasteiger partial charge on any atom is -0.399 e. The van der Waals surface area contributed by atoms with Gasteiger partial charge in [0, 0.05) is 16.9 Å². The Labute approximate surface area is 92.9 Å². The van der Waals surface area contributed by atoms with Gasteiger partial charge in [-0.15, -0.1) is 0 Å². The molecule has 0 fully saturated rings. The van der Waals surface area contributed by atoms with Crippen molar-refractivity contribution in [3.05, 3.63) is 23.8 Å². The van der Waals surface area contributed by atoms with Crippen LogP contribution in [0.25, 0.3) is 0 Å². The van der Waals surface area contributed by atoms with Gasteiger partial charge in [0.05, 0.1) is 0 Å². The van der Waals surface area contributed by atoms with E-state index in [1.807, 2.05) is 12.1 Å². The van der Waals surface area contributed by atoms with Crippen LogP contribution in [0.1, 0.15) is 39.2 Å². The van der Waals surface area contributed by atoms with Crippen molar-refractivity contribution in [3.63, 3.8) is 0 Å². The average Bonchev–Trinajstić information content (AvgIpc) is 2.16. The Hall–Kier alpha value is -1.18. The Morgan fingerprint density at radius 3 is 2.27 bits per heavy atom. The second-order valence-electron chi connectivity index (χ2n) is 4.53. The lowest BCUT2D eigenvalue weighted by molar-refractivity contribution is 0.478. The first-order valence-corrected chi connectivity index (χ1v) is 5.64. The van der Waals surface area contributed by atoms with Gasteiger partial charge in [-0.05, 0) is 50.5 Å². The van der Waals surface area contributed by atoms with Crippen LogP contribution in [-0.2, 0) is 0 Å². The van der Waals surface area contributed by atoms with E-state index in [0.29, 0.717) is 0 Å². The Morgan fingerprint density at radius 2 is 1.80 bits per heavy atom. The van der Waals surface area contributed by atoms with Crippen LogP contribution in [-0.4, -0.2) is 5.54 Å². The molecule has 0 amide bonds. The normalized spacial score (nSPS) is 11.5. The molecule has 84 valence electrons. The van der Waals surface area contributed by atoms with E-state index in [0.717, 1.165) is 24.2 Å². The van der Waals surface area contributed by atoms with E-state index in [1.165, 1.54) is 5.56 Å². The van der Waals surface area contributed by atoms with Gasteiger partial charge < -0.3 is 11.1 Å². The maximum atomic E-state index is 5.82. The molecule has 0 saturated heterocycles. The number of anilines is 2. The van der Waals surface area contributed by atoms with Gasteiger partial charge in [0.1, 0.15) is 0 Å². The lowest BCUT2D eigenvalue weighted by atomic mass is 9.95. The number of rotatable bonds is 4. The highest BCUT2D eigenvalue weighted by molar-refractivity contribution is 5.57. The van der Waals surface area contributed by atoms with Crippen LogP contribution in [0.5, 0.6) is 0 Å². The minimum absolute atomic E-state index is 0.167. The number of aryl methyl sites for hydroxylation is 1. The maximum Gasteiger partial charge on any atom is 0.0367 e. The summed E-state index contributed by atoms with van der Waals surface area (Å²) in [5.74, 6) is 0. The van der Waals surface area contributed by atoms with Crippen molar-refractivity contribution in [1.29, 1.82) is 0 Å². The van der Waals surface area contributed by atoms with Crippen molar-refractivity contribution in [2.45, 2.75) is 46.1 Å². The Balaban J connectivity index is 2.88. The third-order valence-corrected chi connectivity index (χ3v) is 3.11. The molecule has 0 spiro atoms. The summed E-state index contributed by atoms with van der Waals surface area (Å²) in [6.07, 6.45) is 2.22. The highest BCUT2D eigenvalue weighted by atomic mass is 15.0. The first-order chi connectivity index (χ1) is 6.99. The van der Waals surface area contributed by atoms with Crippen molar-refractivity contribution < 1.29 is 0 Å². The number of hydrogen-bond acceptors (Lipinski definition) is 2. The van der Waals surface area contributed by atoms with Crippen LogP contribution >= 0.6 is 0 Å². The molecule has 3 N–H and O–H groups in total. The van der Waals surface area contributed by atoms with Gasteiger partial charge in [0.15, 0.2) is 0 Å². The Morgan fingerprint density at radius 1 is 1.20 bits per heavy atom. The fourth-order valence-electron chi connectivity index (χ4n) is 1.66. The lowest BCUT2D eigenvalue weighted by Gasteiger charge is -2.29. The zero-order valence-corrected chi connectivity index (χ0v) is 10.2. The van der Waals surface area contributed by atoms with E-state index in [4.69, 9.17) is 5.73 Å². The van der Waals surface area contributed by atoms with Gasteiger partial charge in [-0.1, -0.05) is 13.8 Å². The molecule has 1 rings (SSSR count). The van der Waals surface area contributed by atoms with Crippen LogP contribution in [0.3, 0.4) is 0 Å². The van der Waals surface area contributed by atoms with Gasteiger partial charge in [-0.3, -0.25) is 0 Å².